The van der Waals surface area contributed by atoms with Gasteiger partial charge in [-0.1, -0.05) is 72.8 Å². The topological polar surface area (TPSA) is 50.4 Å². The van der Waals surface area contributed by atoms with Crippen molar-refractivity contribution in [2.24, 2.45) is 0 Å². The number of anilines is 1. The Morgan fingerprint density at radius 1 is 0.828 bits per heavy atom. The highest BCUT2D eigenvalue weighted by atomic mass is 19.4. The van der Waals surface area contributed by atoms with E-state index >= 15 is 0 Å². The van der Waals surface area contributed by atoms with Crippen molar-refractivity contribution in [2.75, 3.05) is 11.9 Å². The number of hydrogen-bond donors (Lipinski definition) is 2. The Morgan fingerprint density at radius 3 is 1.90 bits per heavy atom. The summed E-state index contributed by atoms with van der Waals surface area (Å²) < 4.78 is 41.6. The molecule has 3 aromatic carbocycles. The summed E-state index contributed by atoms with van der Waals surface area (Å²) in [7, 11) is 0. The lowest BCUT2D eigenvalue weighted by atomic mass is 9.91. The molecule has 0 saturated heterocycles. The van der Waals surface area contributed by atoms with Gasteiger partial charge in [-0.2, -0.15) is 0 Å². The van der Waals surface area contributed by atoms with Crippen molar-refractivity contribution in [1.29, 1.82) is 0 Å². The molecular formula is C22H19F3N2O2. The van der Waals surface area contributed by atoms with Crippen molar-refractivity contribution < 1.29 is 22.7 Å². The van der Waals surface area contributed by atoms with Crippen LogP contribution in [0.1, 0.15) is 17.0 Å². The summed E-state index contributed by atoms with van der Waals surface area (Å²) in [6, 6.07) is 24.1. The zero-order valence-corrected chi connectivity index (χ0v) is 15.3. The molecule has 4 nitrogen and oxygen atoms in total. The second-order valence-electron chi connectivity index (χ2n) is 6.25. The van der Waals surface area contributed by atoms with Gasteiger partial charge in [0.25, 0.3) is 0 Å². The van der Waals surface area contributed by atoms with E-state index in [0.717, 1.165) is 17.2 Å². The smallest absolute Gasteiger partial charge is 0.404 e. The van der Waals surface area contributed by atoms with Crippen LogP contribution in [0.25, 0.3) is 0 Å². The highest BCUT2D eigenvalue weighted by Gasteiger charge is 2.32. The molecule has 0 aromatic heterocycles. The molecule has 0 bridgehead atoms. The molecule has 0 atom stereocenters. The first kappa shape index (κ1) is 20.3. The van der Waals surface area contributed by atoms with E-state index < -0.39 is 18.1 Å². The standard InChI is InChI=1S/C22H19F3N2O2/c23-22(24,25)29-20-14-8-7-13-19(20)27-21(28)26-15-18(16-9-3-1-4-10-16)17-11-5-2-6-12-17/h1-14,18H,15H2,(H2,26,27,28). The first-order valence-corrected chi connectivity index (χ1v) is 8.92. The predicted molar refractivity (Wildman–Crippen MR) is 105 cm³/mol. The Morgan fingerprint density at radius 2 is 1.34 bits per heavy atom. The first-order chi connectivity index (χ1) is 13.9. The number of carbonyl (C=O) groups excluding carboxylic acids is 1. The molecule has 0 saturated carbocycles. The molecule has 0 aliphatic carbocycles. The van der Waals surface area contributed by atoms with E-state index in [1.807, 2.05) is 60.7 Å². The summed E-state index contributed by atoms with van der Waals surface area (Å²) in [5, 5.41) is 5.15. The average Bonchev–Trinajstić information content (AvgIpc) is 2.70. The fourth-order valence-electron chi connectivity index (χ4n) is 2.94. The van der Waals surface area contributed by atoms with Crippen LogP contribution in [0.2, 0.25) is 0 Å². The van der Waals surface area contributed by atoms with Crippen LogP contribution in [0, 0.1) is 0 Å². The maximum atomic E-state index is 12.5. The highest BCUT2D eigenvalue weighted by Crippen LogP contribution is 2.30. The van der Waals surface area contributed by atoms with Crippen LogP contribution in [0.5, 0.6) is 5.75 Å². The molecule has 0 spiro atoms. The summed E-state index contributed by atoms with van der Waals surface area (Å²) in [5.41, 5.74) is 1.96. The number of hydrogen-bond acceptors (Lipinski definition) is 2. The number of nitrogens with one attached hydrogen (secondary N) is 2. The SMILES string of the molecule is O=C(NCC(c1ccccc1)c1ccccc1)Nc1ccccc1OC(F)(F)F. The maximum Gasteiger partial charge on any atom is 0.573 e. The van der Waals surface area contributed by atoms with Crippen molar-refractivity contribution in [3.63, 3.8) is 0 Å². The van der Waals surface area contributed by atoms with Crippen LogP contribution in [0.4, 0.5) is 23.7 Å². The van der Waals surface area contributed by atoms with E-state index in [9.17, 15) is 18.0 Å². The van der Waals surface area contributed by atoms with E-state index in [0.29, 0.717) is 0 Å². The maximum absolute atomic E-state index is 12.5. The van der Waals surface area contributed by atoms with Gasteiger partial charge in [0.1, 0.15) is 0 Å². The number of amides is 2. The van der Waals surface area contributed by atoms with Crippen molar-refractivity contribution in [2.45, 2.75) is 12.3 Å². The van der Waals surface area contributed by atoms with Crippen LogP contribution < -0.4 is 15.4 Å². The summed E-state index contributed by atoms with van der Waals surface area (Å²) in [4.78, 5) is 12.3. The molecule has 0 unspecified atom stereocenters. The zero-order chi connectivity index (χ0) is 20.7. The zero-order valence-electron chi connectivity index (χ0n) is 15.3. The Bertz CT molecular complexity index is 892. The molecule has 2 N–H and O–H groups in total. The molecule has 0 fully saturated rings. The van der Waals surface area contributed by atoms with E-state index in [2.05, 4.69) is 15.4 Å². The fourth-order valence-corrected chi connectivity index (χ4v) is 2.94. The number of halogens is 3. The lowest BCUT2D eigenvalue weighted by molar-refractivity contribution is -0.274. The van der Waals surface area contributed by atoms with Crippen molar-refractivity contribution in [3.8, 4) is 5.75 Å². The van der Waals surface area contributed by atoms with Crippen LogP contribution in [-0.4, -0.2) is 18.9 Å². The molecule has 29 heavy (non-hydrogen) atoms. The molecule has 3 rings (SSSR count). The van der Waals surface area contributed by atoms with Crippen LogP contribution in [0.3, 0.4) is 0 Å². The van der Waals surface area contributed by atoms with Gasteiger partial charge in [-0.3, -0.25) is 0 Å². The van der Waals surface area contributed by atoms with E-state index in [1.165, 1.54) is 18.2 Å². The summed E-state index contributed by atoms with van der Waals surface area (Å²) in [6.07, 6.45) is -4.85. The van der Waals surface area contributed by atoms with E-state index in [1.54, 1.807) is 0 Å². The Kier molecular flexibility index (Phi) is 6.39. The van der Waals surface area contributed by atoms with Gasteiger partial charge in [-0.25, -0.2) is 4.79 Å². The van der Waals surface area contributed by atoms with Crippen molar-refractivity contribution in [1.82, 2.24) is 5.32 Å². The number of alkyl halides is 3. The third-order valence-electron chi connectivity index (χ3n) is 4.23. The van der Waals surface area contributed by atoms with E-state index in [-0.39, 0.29) is 18.2 Å². The molecule has 150 valence electrons. The van der Waals surface area contributed by atoms with Crippen molar-refractivity contribution in [3.05, 3.63) is 96.1 Å². The number of urea groups is 1. The fraction of sp³-hybridized carbons (Fsp3) is 0.136. The number of benzene rings is 3. The minimum Gasteiger partial charge on any atom is -0.404 e. The average molecular weight is 400 g/mol. The first-order valence-electron chi connectivity index (χ1n) is 8.92. The molecule has 2 amide bonds. The third-order valence-corrected chi connectivity index (χ3v) is 4.23. The van der Waals surface area contributed by atoms with Crippen LogP contribution >= 0.6 is 0 Å². The molecule has 3 aromatic rings. The van der Waals surface area contributed by atoms with Gasteiger partial charge in [0.2, 0.25) is 0 Å². The summed E-state index contributed by atoms with van der Waals surface area (Å²) in [5.74, 6) is -0.581. The summed E-state index contributed by atoms with van der Waals surface area (Å²) >= 11 is 0. The summed E-state index contributed by atoms with van der Waals surface area (Å²) in [6.45, 7) is 0.266. The lowest BCUT2D eigenvalue weighted by Gasteiger charge is -2.19. The van der Waals surface area contributed by atoms with Gasteiger partial charge in [-0.15, -0.1) is 13.2 Å². The number of ether oxygens (including phenoxy) is 1. The predicted octanol–water partition coefficient (Wildman–Crippen LogP) is 5.54. The molecule has 0 aliphatic heterocycles. The third kappa shape index (κ3) is 6.00. The minimum atomic E-state index is -4.85. The molecule has 0 heterocycles. The van der Waals surface area contributed by atoms with Gasteiger partial charge in [-0.05, 0) is 23.3 Å². The normalized spacial score (nSPS) is 11.2. The van der Waals surface area contributed by atoms with Gasteiger partial charge < -0.3 is 15.4 Å². The quantitative estimate of drug-likeness (QED) is 0.571. The van der Waals surface area contributed by atoms with Crippen molar-refractivity contribution >= 4 is 11.7 Å². The minimum absolute atomic E-state index is 0.0710. The van der Waals surface area contributed by atoms with E-state index in [4.69, 9.17) is 0 Å². The highest BCUT2D eigenvalue weighted by molar-refractivity contribution is 5.90. The van der Waals surface area contributed by atoms with Crippen LogP contribution in [-0.2, 0) is 0 Å². The van der Waals surface area contributed by atoms with Crippen LogP contribution in [0.15, 0.2) is 84.9 Å². The molecule has 0 radical (unpaired) electrons. The molecule has 7 heteroatoms. The van der Waals surface area contributed by atoms with Gasteiger partial charge in [0, 0.05) is 12.5 Å². The number of para-hydroxylation sites is 2. The van der Waals surface area contributed by atoms with Gasteiger partial charge in [0.05, 0.1) is 5.69 Å². The Balaban J connectivity index is 1.70. The largest absolute Gasteiger partial charge is 0.573 e. The lowest BCUT2D eigenvalue weighted by Crippen LogP contribution is -2.33. The Hall–Kier alpha value is -3.48. The number of carbonyl (C=O) groups is 1. The Labute approximate surface area is 166 Å². The monoisotopic (exact) mass is 400 g/mol. The second kappa shape index (κ2) is 9.14. The second-order valence-corrected chi connectivity index (χ2v) is 6.25. The molecule has 0 aliphatic rings. The van der Waals surface area contributed by atoms with Gasteiger partial charge in [0.15, 0.2) is 5.75 Å². The molecular weight excluding hydrogens is 381 g/mol. The number of rotatable bonds is 6. The van der Waals surface area contributed by atoms with Gasteiger partial charge >= 0.3 is 12.4 Å².